The Kier molecular flexibility index (Phi) is 4.75. The van der Waals surface area contributed by atoms with Crippen LogP contribution in [0, 0.1) is 0 Å². The molecule has 0 spiro atoms. The molecular formula is C21H12F5N5O3. The van der Waals surface area contributed by atoms with E-state index in [-0.39, 0.29) is 27.7 Å². The first-order valence-electron chi connectivity index (χ1n) is 9.65. The molecule has 4 heterocycles. The van der Waals surface area contributed by atoms with Gasteiger partial charge < -0.3 is 15.0 Å². The minimum atomic E-state index is -5.00. The lowest BCUT2D eigenvalue weighted by Gasteiger charge is -2.14. The van der Waals surface area contributed by atoms with Gasteiger partial charge in [0, 0.05) is 22.5 Å². The second kappa shape index (κ2) is 7.45. The Bertz CT molecular complexity index is 1510. The number of anilines is 1. The van der Waals surface area contributed by atoms with Gasteiger partial charge in [-0.25, -0.2) is 9.67 Å². The van der Waals surface area contributed by atoms with Crippen LogP contribution in [0.3, 0.4) is 0 Å². The van der Waals surface area contributed by atoms with Crippen LogP contribution >= 0.6 is 0 Å². The van der Waals surface area contributed by atoms with Crippen LogP contribution in [0.5, 0.6) is 0 Å². The smallest absolute Gasteiger partial charge is 0.329 e. The van der Waals surface area contributed by atoms with Crippen molar-refractivity contribution in [2.24, 2.45) is 0 Å². The van der Waals surface area contributed by atoms with Crippen LogP contribution in [0.4, 0.5) is 27.6 Å². The number of rotatable bonds is 3. The van der Waals surface area contributed by atoms with E-state index in [1.54, 1.807) is 0 Å². The van der Waals surface area contributed by atoms with E-state index in [1.807, 2.05) is 0 Å². The van der Waals surface area contributed by atoms with Crippen molar-refractivity contribution in [2.75, 3.05) is 5.32 Å². The number of carbonyl (C=O) groups excluding carboxylic acids is 1. The highest BCUT2D eigenvalue weighted by atomic mass is 19.4. The molecule has 0 saturated heterocycles. The Morgan fingerprint density at radius 3 is 2.74 bits per heavy atom. The zero-order valence-corrected chi connectivity index (χ0v) is 16.8. The van der Waals surface area contributed by atoms with Crippen LogP contribution in [0.25, 0.3) is 16.5 Å². The molecule has 0 saturated carbocycles. The molecule has 34 heavy (non-hydrogen) atoms. The highest BCUT2D eigenvalue weighted by Gasteiger charge is 2.43. The van der Waals surface area contributed by atoms with E-state index in [9.17, 15) is 31.5 Å². The summed E-state index contributed by atoms with van der Waals surface area (Å²) in [4.78, 5) is 30.8. The van der Waals surface area contributed by atoms with Gasteiger partial charge in [-0.15, -0.1) is 0 Å². The number of aromatic amines is 1. The molecular weight excluding hydrogens is 465 g/mol. The molecule has 8 nitrogen and oxygen atoms in total. The maximum Gasteiger partial charge on any atom is 0.434 e. The Labute approximate surface area is 186 Å². The Morgan fingerprint density at radius 2 is 1.97 bits per heavy atom. The summed E-state index contributed by atoms with van der Waals surface area (Å²) >= 11 is 0. The summed E-state index contributed by atoms with van der Waals surface area (Å²) in [5, 5.41) is 6.32. The number of benzene rings is 1. The number of nitrogens with one attached hydrogen (secondary N) is 2. The monoisotopic (exact) mass is 477 g/mol. The molecule has 0 aliphatic carbocycles. The molecule has 0 atom stereocenters. The van der Waals surface area contributed by atoms with Gasteiger partial charge in [0.05, 0.1) is 35.9 Å². The second-order valence-corrected chi connectivity index (χ2v) is 7.35. The van der Waals surface area contributed by atoms with Crippen molar-refractivity contribution in [1.82, 2.24) is 19.7 Å². The molecule has 3 aromatic heterocycles. The molecule has 174 valence electrons. The number of nitrogens with zero attached hydrogens (tertiary/aromatic N) is 3. The molecule has 0 fully saturated rings. The van der Waals surface area contributed by atoms with Crippen molar-refractivity contribution in [3.05, 3.63) is 81.8 Å². The molecule has 0 bridgehead atoms. The molecule has 13 heteroatoms. The van der Waals surface area contributed by atoms with E-state index >= 15 is 0 Å². The molecule has 1 aliphatic heterocycles. The summed E-state index contributed by atoms with van der Waals surface area (Å²) in [6.07, 6.45) is -5.66. The molecule has 0 radical (unpaired) electrons. The van der Waals surface area contributed by atoms with Gasteiger partial charge in [0.2, 0.25) is 0 Å². The third-order valence-corrected chi connectivity index (χ3v) is 5.21. The van der Waals surface area contributed by atoms with Crippen LogP contribution in [0.15, 0.2) is 53.7 Å². The van der Waals surface area contributed by atoms with Gasteiger partial charge in [-0.05, 0) is 24.3 Å². The normalized spacial score (nSPS) is 14.9. The summed E-state index contributed by atoms with van der Waals surface area (Å²) < 4.78 is 74.1. The summed E-state index contributed by atoms with van der Waals surface area (Å²) in [5.41, 5.74) is -3.47. The third kappa shape index (κ3) is 3.50. The molecule has 4 aromatic rings. The molecule has 1 amide bonds. The van der Waals surface area contributed by atoms with Gasteiger partial charge in [0.25, 0.3) is 11.5 Å². The second-order valence-electron chi connectivity index (χ2n) is 7.35. The number of ether oxygens (including phenoxy) is 1. The van der Waals surface area contributed by atoms with E-state index in [2.05, 4.69) is 25.1 Å². The summed E-state index contributed by atoms with van der Waals surface area (Å²) in [6.45, 7) is -0.467. The summed E-state index contributed by atoms with van der Waals surface area (Å²) in [7, 11) is 0. The minimum Gasteiger partial charge on any atom is -0.329 e. The topological polar surface area (TPSA) is 102 Å². The van der Waals surface area contributed by atoms with E-state index in [4.69, 9.17) is 0 Å². The Hall–Kier alpha value is -4.13. The fraction of sp³-hybridized carbons (Fsp3) is 0.143. The zero-order chi connectivity index (χ0) is 24.3. The highest BCUT2D eigenvalue weighted by Crippen LogP contribution is 2.39. The Morgan fingerprint density at radius 1 is 1.18 bits per heavy atom. The summed E-state index contributed by atoms with van der Waals surface area (Å²) in [6, 6.07) is 6.73. The number of alkyl halides is 5. The van der Waals surface area contributed by atoms with Gasteiger partial charge >= 0.3 is 12.3 Å². The van der Waals surface area contributed by atoms with Gasteiger partial charge in [-0.2, -0.15) is 27.1 Å². The van der Waals surface area contributed by atoms with E-state index in [0.717, 1.165) is 18.5 Å². The number of amides is 1. The number of hydrogen-bond donors (Lipinski definition) is 2. The average molecular weight is 477 g/mol. The van der Waals surface area contributed by atoms with Gasteiger partial charge in [0.15, 0.2) is 5.69 Å². The minimum absolute atomic E-state index is 0.00415. The number of fused-ring (bicyclic) bond motifs is 2. The van der Waals surface area contributed by atoms with Crippen molar-refractivity contribution in [3.8, 4) is 5.69 Å². The molecule has 0 unspecified atom stereocenters. The molecule has 5 rings (SSSR count). The number of aromatic nitrogens is 4. The van der Waals surface area contributed by atoms with Crippen LogP contribution in [0.1, 0.15) is 27.3 Å². The lowest BCUT2D eigenvalue weighted by Crippen LogP contribution is -2.21. The van der Waals surface area contributed by atoms with Crippen LogP contribution in [-0.4, -0.2) is 25.7 Å². The number of halogens is 5. The maximum atomic E-state index is 14.1. The van der Waals surface area contributed by atoms with Crippen molar-refractivity contribution >= 4 is 22.4 Å². The van der Waals surface area contributed by atoms with Crippen LogP contribution in [0.2, 0.25) is 0 Å². The quantitative estimate of drug-likeness (QED) is 0.435. The number of pyridine rings is 2. The van der Waals surface area contributed by atoms with Crippen LogP contribution in [-0.2, 0) is 23.6 Å². The maximum absolute atomic E-state index is 14.1. The van der Waals surface area contributed by atoms with Crippen molar-refractivity contribution in [3.63, 3.8) is 0 Å². The standard InChI is InChI=1S/C21H12F5N5O3/c22-20(23,24)17-14(19(33)30-11-6-10-9-34-21(25,26)16(10)28-7-11)8-29-31(17)15-3-1-2-13-12(15)4-5-27-18(13)32/h1-8H,9H2,(H,27,32)(H,30,33). The average Bonchev–Trinajstić information content (AvgIpc) is 3.35. The largest absolute Gasteiger partial charge is 0.434 e. The Balaban J connectivity index is 1.56. The first kappa shape index (κ1) is 21.7. The zero-order valence-electron chi connectivity index (χ0n) is 16.8. The first-order chi connectivity index (χ1) is 16.1. The number of H-pyrrole nitrogens is 1. The van der Waals surface area contributed by atoms with Gasteiger partial charge in [0.1, 0.15) is 5.69 Å². The third-order valence-electron chi connectivity index (χ3n) is 5.21. The molecule has 1 aliphatic rings. The van der Waals surface area contributed by atoms with Gasteiger partial charge in [-0.3, -0.25) is 9.59 Å². The lowest BCUT2D eigenvalue weighted by atomic mass is 10.1. The van der Waals surface area contributed by atoms with Gasteiger partial charge in [-0.1, -0.05) is 6.07 Å². The fourth-order valence-corrected chi connectivity index (χ4v) is 3.75. The molecule has 2 N–H and O–H groups in total. The predicted molar refractivity (Wildman–Crippen MR) is 108 cm³/mol. The van der Waals surface area contributed by atoms with E-state index < -0.39 is 47.3 Å². The first-order valence-corrected chi connectivity index (χ1v) is 9.65. The van der Waals surface area contributed by atoms with Crippen molar-refractivity contribution < 1.29 is 31.5 Å². The SMILES string of the molecule is O=C(Nc1cnc2c(c1)COC2(F)F)c1cnn(-c2cccc3c(=O)[nH]ccc23)c1C(F)(F)F. The van der Waals surface area contributed by atoms with E-state index in [0.29, 0.717) is 4.68 Å². The van der Waals surface area contributed by atoms with E-state index in [1.165, 1.54) is 30.5 Å². The van der Waals surface area contributed by atoms with Crippen LogP contribution < -0.4 is 10.9 Å². The predicted octanol–water partition coefficient (Wildman–Crippen LogP) is 3.96. The van der Waals surface area contributed by atoms with Crippen molar-refractivity contribution in [1.29, 1.82) is 0 Å². The van der Waals surface area contributed by atoms with Crippen molar-refractivity contribution in [2.45, 2.75) is 18.9 Å². The fourth-order valence-electron chi connectivity index (χ4n) is 3.75. The number of hydrogen-bond acceptors (Lipinski definition) is 5. The highest BCUT2D eigenvalue weighted by molar-refractivity contribution is 6.05. The molecule has 1 aromatic carbocycles. The summed E-state index contributed by atoms with van der Waals surface area (Å²) in [5.74, 6) is -1.18. The lowest BCUT2D eigenvalue weighted by molar-refractivity contribution is -0.241. The number of carbonyl (C=O) groups is 1.